The van der Waals surface area contributed by atoms with Crippen LogP contribution in [0.15, 0.2) is 72.4 Å². The molecule has 0 bridgehead atoms. The number of carbonyl (C=O) groups excluding carboxylic acids is 1. The van der Waals surface area contributed by atoms with Crippen molar-refractivity contribution in [1.29, 1.82) is 0 Å². The molecule has 0 saturated carbocycles. The van der Waals surface area contributed by atoms with Gasteiger partial charge in [-0.2, -0.15) is 0 Å². The minimum absolute atomic E-state index is 0.167. The largest absolute Gasteiger partial charge is 0.489 e. The second-order valence-corrected chi connectivity index (χ2v) is 8.66. The molecule has 1 amide bonds. The summed E-state index contributed by atoms with van der Waals surface area (Å²) in [5, 5.41) is 5.01. The van der Waals surface area contributed by atoms with Crippen LogP contribution >= 0.6 is 11.3 Å². The third-order valence-electron chi connectivity index (χ3n) is 4.84. The molecule has 3 heterocycles. The second-order valence-electron chi connectivity index (χ2n) is 7.63. The monoisotopic (exact) mass is 434 g/mol. The van der Waals surface area contributed by atoms with Crippen LogP contribution in [0.25, 0.3) is 5.65 Å². The van der Waals surface area contributed by atoms with Crippen LogP contribution in [0.2, 0.25) is 0 Å². The number of fused-ring (bicyclic) bond motifs is 1. The number of ether oxygens (including phenoxy) is 1. The minimum atomic E-state index is -0.205. The average molecular weight is 435 g/mol. The first-order chi connectivity index (χ1) is 15.1. The quantitative estimate of drug-likeness (QED) is 0.428. The number of aromatic nitrogens is 2. The van der Waals surface area contributed by atoms with E-state index in [9.17, 15) is 4.79 Å². The summed E-state index contributed by atoms with van der Waals surface area (Å²) < 4.78 is 7.86. The molecule has 4 rings (SSSR count). The topological polar surface area (TPSA) is 58.9 Å². The zero-order chi connectivity index (χ0) is 21.6. The van der Waals surface area contributed by atoms with E-state index in [1.54, 1.807) is 17.5 Å². The van der Waals surface area contributed by atoms with Crippen molar-refractivity contribution in [2.45, 2.75) is 26.1 Å². The van der Waals surface area contributed by atoms with E-state index in [4.69, 9.17) is 4.74 Å². The normalized spacial score (nSPS) is 12.2. The first-order valence-electron chi connectivity index (χ1n) is 10.3. The molecule has 1 unspecified atom stereocenters. The lowest BCUT2D eigenvalue weighted by atomic mass is 10.2. The van der Waals surface area contributed by atoms with E-state index < -0.39 is 0 Å². The molecule has 31 heavy (non-hydrogen) atoms. The molecule has 0 spiro atoms. The maximum absolute atomic E-state index is 12.4. The Bertz CT molecular complexity index is 1110. The van der Waals surface area contributed by atoms with E-state index in [1.807, 2.05) is 47.9 Å². The summed E-state index contributed by atoms with van der Waals surface area (Å²) in [6, 6.07) is 18.0. The van der Waals surface area contributed by atoms with Crippen LogP contribution in [0, 0.1) is 0 Å². The van der Waals surface area contributed by atoms with Crippen LogP contribution in [0.4, 0.5) is 0 Å². The van der Waals surface area contributed by atoms with Gasteiger partial charge in [-0.15, -0.1) is 11.3 Å². The molecule has 0 aliphatic rings. The van der Waals surface area contributed by atoms with Crippen LogP contribution in [-0.4, -0.2) is 39.9 Å². The Kier molecular flexibility index (Phi) is 6.64. The van der Waals surface area contributed by atoms with Gasteiger partial charge >= 0.3 is 0 Å². The minimum Gasteiger partial charge on any atom is -0.489 e. The Morgan fingerprint density at radius 3 is 2.90 bits per heavy atom. The molecule has 3 aromatic heterocycles. The highest BCUT2D eigenvalue weighted by atomic mass is 32.1. The van der Waals surface area contributed by atoms with Gasteiger partial charge in [0.25, 0.3) is 5.91 Å². The average Bonchev–Trinajstić information content (AvgIpc) is 3.41. The lowest BCUT2D eigenvalue weighted by Gasteiger charge is -2.18. The van der Waals surface area contributed by atoms with Crippen molar-refractivity contribution in [2.24, 2.45) is 0 Å². The molecule has 7 heteroatoms. The molecule has 0 aliphatic carbocycles. The molecule has 0 fully saturated rings. The molecule has 0 aliphatic heterocycles. The first kappa shape index (κ1) is 21.1. The highest BCUT2D eigenvalue weighted by Crippen LogP contribution is 2.18. The number of nitrogens with one attached hydrogen (secondary N) is 1. The number of thiophene rings is 1. The third kappa shape index (κ3) is 5.71. The Hall–Kier alpha value is -3.16. The number of rotatable bonds is 9. The summed E-state index contributed by atoms with van der Waals surface area (Å²) >= 11 is 1.77. The predicted octanol–water partition coefficient (Wildman–Crippen LogP) is 4.23. The number of pyridine rings is 1. The Balaban J connectivity index is 1.28. The van der Waals surface area contributed by atoms with Crippen molar-refractivity contribution in [3.63, 3.8) is 0 Å². The molecule has 6 nitrogen and oxygen atoms in total. The van der Waals surface area contributed by atoms with Crippen molar-refractivity contribution < 1.29 is 9.53 Å². The number of amides is 1. The number of hydrogen-bond donors (Lipinski definition) is 1. The molecular formula is C24H26N4O2S. The molecule has 1 N–H and O–H groups in total. The molecule has 160 valence electrons. The maximum Gasteiger partial charge on any atom is 0.271 e. The van der Waals surface area contributed by atoms with Gasteiger partial charge in [-0.25, -0.2) is 4.98 Å². The van der Waals surface area contributed by atoms with Gasteiger partial charge < -0.3 is 14.5 Å². The fourth-order valence-corrected chi connectivity index (χ4v) is 4.18. The van der Waals surface area contributed by atoms with Crippen molar-refractivity contribution in [1.82, 2.24) is 19.6 Å². The zero-order valence-electron chi connectivity index (χ0n) is 17.7. The maximum atomic E-state index is 12.4. The molecular weight excluding hydrogens is 408 g/mol. The number of benzene rings is 1. The van der Waals surface area contributed by atoms with E-state index >= 15 is 0 Å². The lowest BCUT2D eigenvalue weighted by molar-refractivity contribution is 0.0928. The number of nitrogens with zero attached hydrogens (tertiary/aromatic N) is 3. The SMILES string of the molecule is CC(CNC(=O)c1cn2ccccc2n1)Oc1cccc(CN(C)Cc2cccs2)c1. The van der Waals surface area contributed by atoms with Crippen LogP contribution in [0.5, 0.6) is 5.75 Å². The van der Waals surface area contributed by atoms with E-state index in [0.717, 1.165) is 24.5 Å². The predicted molar refractivity (Wildman–Crippen MR) is 124 cm³/mol. The second kappa shape index (κ2) is 9.76. The van der Waals surface area contributed by atoms with Crippen molar-refractivity contribution in [3.05, 3.63) is 88.5 Å². The van der Waals surface area contributed by atoms with E-state index in [1.165, 1.54) is 10.4 Å². The summed E-state index contributed by atoms with van der Waals surface area (Å²) in [5.74, 6) is 0.597. The van der Waals surface area contributed by atoms with Crippen LogP contribution < -0.4 is 10.1 Å². The van der Waals surface area contributed by atoms with Crippen molar-refractivity contribution in [3.8, 4) is 5.75 Å². The van der Waals surface area contributed by atoms with Gasteiger partial charge in [0.2, 0.25) is 0 Å². The van der Waals surface area contributed by atoms with Crippen molar-refractivity contribution in [2.75, 3.05) is 13.6 Å². The van der Waals surface area contributed by atoms with Gasteiger partial charge in [0.1, 0.15) is 23.2 Å². The highest BCUT2D eigenvalue weighted by molar-refractivity contribution is 7.09. The standard InChI is InChI=1S/C24H26N4O2S/c1-18(14-25-24(29)22-17-28-11-4-3-10-23(28)26-22)30-20-8-5-7-19(13-20)15-27(2)16-21-9-6-12-31-21/h3-13,17-18H,14-16H2,1-2H3,(H,25,29). The van der Waals surface area contributed by atoms with E-state index in [-0.39, 0.29) is 12.0 Å². The van der Waals surface area contributed by atoms with Gasteiger partial charge in [0.15, 0.2) is 0 Å². The fraction of sp³-hybridized carbons (Fsp3) is 0.250. The number of imidazole rings is 1. The van der Waals surface area contributed by atoms with Gasteiger partial charge in [-0.3, -0.25) is 9.69 Å². The highest BCUT2D eigenvalue weighted by Gasteiger charge is 2.13. The summed E-state index contributed by atoms with van der Waals surface area (Å²) in [6.45, 7) is 4.11. The van der Waals surface area contributed by atoms with Crippen molar-refractivity contribution >= 4 is 22.9 Å². The molecule has 0 saturated heterocycles. The van der Waals surface area contributed by atoms with E-state index in [0.29, 0.717) is 12.2 Å². The van der Waals surface area contributed by atoms with Gasteiger partial charge in [0, 0.05) is 30.4 Å². The van der Waals surface area contributed by atoms with Gasteiger partial charge in [-0.05, 0) is 55.2 Å². The molecule has 0 radical (unpaired) electrons. The molecule has 4 aromatic rings. The van der Waals surface area contributed by atoms with Crippen LogP contribution in [0.1, 0.15) is 27.9 Å². The van der Waals surface area contributed by atoms with Gasteiger partial charge in [0.05, 0.1) is 6.54 Å². The Morgan fingerprint density at radius 1 is 1.19 bits per heavy atom. The summed E-state index contributed by atoms with van der Waals surface area (Å²) in [6.07, 6.45) is 3.43. The molecule has 1 aromatic carbocycles. The Morgan fingerprint density at radius 2 is 2.10 bits per heavy atom. The van der Waals surface area contributed by atoms with Crippen LogP contribution in [0.3, 0.4) is 0 Å². The van der Waals surface area contributed by atoms with E-state index in [2.05, 4.69) is 51.9 Å². The number of hydrogen-bond acceptors (Lipinski definition) is 5. The van der Waals surface area contributed by atoms with Gasteiger partial charge in [-0.1, -0.05) is 24.3 Å². The summed E-state index contributed by atoms with van der Waals surface area (Å²) in [5.41, 5.74) is 2.34. The number of carbonyl (C=O) groups is 1. The zero-order valence-corrected chi connectivity index (χ0v) is 18.5. The lowest BCUT2D eigenvalue weighted by Crippen LogP contribution is -2.33. The smallest absolute Gasteiger partial charge is 0.271 e. The summed E-state index contributed by atoms with van der Waals surface area (Å²) in [7, 11) is 2.12. The molecule has 1 atom stereocenters. The van der Waals surface area contributed by atoms with Crippen LogP contribution in [-0.2, 0) is 13.1 Å². The third-order valence-corrected chi connectivity index (χ3v) is 5.70. The summed E-state index contributed by atoms with van der Waals surface area (Å²) in [4.78, 5) is 20.4. The fourth-order valence-electron chi connectivity index (χ4n) is 3.40. The first-order valence-corrected chi connectivity index (χ1v) is 11.1. The Labute approximate surface area is 186 Å².